The second kappa shape index (κ2) is 7.82. The van der Waals surface area contributed by atoms with Crippen molar-refractivity contribution in [2.45, 2.75) is 23.8 Å². The number of rotatable bonds is 4. The number of ether oxygens (including phenoxy) is 2. The maximum atomic E-state index is 12.9. The fraction of sp³-hybridized carbons (Fsp3) is 0.333. The number of nitrogens with one attached hydrogen (secondary N) is 1. The minimum Gasteiger partial charge on any atom is -0.445 e. The third-order valence-corrected chi connectivity index (χ3v) is 7.16. The maximum Gasteiger partial charge on any atom is 0.339 e. The van der Waals surface area contributed by atoms with E-state index in [1.807, 2.05) is 0 Å². The van der Waals surface area contributed by atoms with Gasteiger partial charge in [0.25, 0.3) is 5.91 Å². The monoisotopic (exact) mass is 430 g/mol. The Bertz CT molecular complexity index is 1090. The molecule has 1 N–H and O–H groups in total. The third-order valence-electron chi connectivity index (χ3n) is 5.26. The Morgan fingerprint density at radius 2 is 1.83 bits per heavy atom. The van der Waals surface area contributed by atoms with Crippen LogP contribution in [0.1, 0.15) is 22.8 Å². The van der Waals surface area contributed by atoms with Crippen molar-refractivity contribution in [2.24, 2.45) is 0 Å². The van der Waals surface area contributed by atoms with E-state index in [1.165, 1.54) is 16.4 Å². The van der Waals surface area contributed by atoms with Crippen LogP contribution in [0, 0.1) is 0 Å². The highest BCUT2D eigenvalue weighted by molar-refractivity contribution is 7.89. The van der Waals surface area contributed by atoms with Gasteiger partial charge >= 0.3 is 5.97 Å². The molecule has 1 saturated heterocycles. The lowest BCUT2D eigenvalue weighted by Crippen LogP contribution is -2.48. The molecular formula is C21H22N2O6S. The second-order valence-electron chi connectivity index (χ2n) is 7.45. The minimum absolute atomic E-state index is 0.0818. The summed E-state index contributed by atoms with van der Waals surface area (Å²) in [5.74, 6) is -1.08. The predicted molar refractivity (Wildman–Crippen MR) is 109 cm³/mol. The molecule has 2 aliphatic heterocycles. The Balaban J connectivity index is 1.54. The Hall–Kier alpha value is -2.75. The van der Waals surface area contributed by atoms with Crippen LogP contribution in [0.25, 0.3) is 0 Å². The number of carbonyl (C=O) groups excluding carboxylic acids is 2. The first-order valence-corrected chi connectivity index (χ1v) is 11.0. The van der Waals surface area contributed by atoms with E-state index in [2.05, 4.69) is 5.32 Å². The van der Waals surface area contributed by atoms with Crippen molar-refractivity contribution >= 4 is 27.6 Å². The van der Waals surface area contributed by atoms with Gasteiger partial charge in [-0.1, -0.05) is 24.3 Å². The van der Waals surface area contributed by atoms with Gasteiger partial charge in [-0.05, 0) is 36.8 Å². The number of fused-ring (bicyclic) bond motifs is 1. The van der Waals surface area contributed by atoms with Crippen molar-refractivity contribution in [1.29, 1.82) is 0 Å². The van der Waals surface area contributed by atoms with Crippen molar-refractivity contribution in [2.75, 3.05) is 31.6 Å². The molecule has 0 bridgehead atoms. The van der Waals surface area contributed by atoms with E-state index in [9.17, 15) is 18.0 Å². The highest BCUT2D eigenvalue weighted by atomic mass is 32.2. The number of hydrogen-bond donors (Lipinski definition) is 1. The van der Waals surface area contributed by atoms with E-state index < -0.39 is 27.5 Å². The van der Waals surface area contributed by atoms with Gasteiger partial charge in [0.15, 0.2) is 5.60 Å². The molecule has 0 aromatic heterocycles. The molecular weight excluding hydrogens is 408 g/mol. The average molecular weight is 430 g/mol. The smallest absolute Gasteiger partial charge is 0.339 e. The fourth-order valence-electron chi connectivity index (χ4n) is 3.59. The SMILES string of the molecule is C[C@]1(C(=O)Nc2cccc(S(=O)(=O)N3CCOCC3)c2)Cc2ccccc2C(=O)O1. The first-order valence-electron chi connectivity index (χ1n) is 9.60. The van der Waals surface area contributed by atoms with Crippen molar-refractivity contribution < 1.29 is 27.5 Å². The minimum atomic E-state index is -3.69. The van der Waals surface area contributed by atoms with Crippen molar-refractivity contribution in [3.8, 4) is 0 Å². The van der Waals surface area contributed by atoms with Gasteiger partial charge in [0.05, 0.1) is 23.7 Å². The lowest BCUT2D eigenvalue weighted by molar-refractivity contribution is -0.134. The third kappa shape index (κ3) is 3.83. The van der Waals surface area contributed by atoms with Gasteiger partial charge in [0, 0.05) is 25.2 Å². The summed E-state index contributed by atoms with van der Waals surface area (Å²) < 4.78 is 37.7. The average Bonchev–Trinajstić information content (AvgIpc) is 2.74. The Morgan fingerprint density at radius 1 is 1.10 bits per heavy atom. The van der Waals surface area contributed by atoms with Crippen molar-refractivity contribution in [1.82, 2.24) is 4.31 Å². The van der Waals surface area contributed by atoms with Crippen LogP contribution in [-0.2, 0) is 30.7 Å². The summed E-state index contributed by atoms with van der Waals surface area (Å²) in [6.07, 6.45) is 0.229. The first kappa shape index (κ1) is 20.5. The topological polar surface area (TPSA) is 102 Å². The molecule has 8 nitrogen and oxygen atoms in total. The number of cyclic esters (lactones) is 1. The molecule has 9 heteroatoms. The van der Waals surface area contributed by atoms with Crippen LogP contribution < -0.4 is 5.32 Å². The molecule has 0 spiro atoms. The second-order valence-corrected chi connectivity index (χ2v) is 9.39. The number of nitrogens with zero attached hydrogens (tertiary/aromatic N) is 1. The molecule has 2 aliphatic rings. The molecule has 0 aliphatic carbocycles. The summed E-state index contributed by atoms with van der Waals surface area (Å²) >= 11 is 0. The molecule has 2 heterocycles. The summed E-state index contributed by atoms with van der Waals surface area (Å²) in [5.41, 5.74) is 0.0896. The standard InChI is InChI=1S/C21H22N2O6S/c1-21(14-15-5-2-3-8-18(15)19(24)29-21)20(25)22-16-6-4-7-17(13-16)30(26,27)23-9-11-28-12-10-23/h2-8,13H,9-12,14H2,1H3,(H,22,25)/t21-/m1/s1. The molecule has 1 amide bonds. The number of hydrogen-bond acceptors (Lipinski definition) is 6. The van der Waals surface area contributed by atoms with Crippen LogP contribution in [0.3, 0.4) is 0 Å². The summed E-state index contributed by atoms with van der Waals surface area (Å²) in [6.45, 7) is 2.81. The van der Waals surface area contributed by atoms with Gasteiger partial charge in [-0.15, -0.1) is 0 Å². The lowest BCUT2D eigenvalue weighted by atomic mass is 9.89. The molecule has 0 unspecified atom stereocenters. The summed E-state index contributed by atoms with van der Waals surface area (Å²) in [5, 5.41) is 2.70. The fourth-order valence-corrected chi connectivity index (χ4v) is 5.05. The molecule has 0 radical (unpaired) electrons. The molecule has 4 rings (SSSR count). The van der Waals surface area contributed by atoms with E-state index in [-0.39, 0.29) is 24.4 Å². The lowest BCUT2D eigenvalue weighted by Gasteiger charge is -2.33. The van der Waals surface area contributed by atoms with Crippen molar-refractivity contribution in [3.63, 3.8) is 0 Å². The van der Waals surface area contributed by atoms with Crippen LogP contribution in [0.5, 0.6) is 0 Å². The van der Waals surface area contributed by atoms with Gasteiger partial charge in [0.2, 0.25) is 10.0 Å². The van der Waals surface area contributed by atoms with Gasteiger partial charge in [-0.2, -0.15) is 4.31 Å². The zero-order valence-electron chi connectivity index (χ0n) is 16.5. The molecule has 1 atom stereocenters. The molecule has 158 valence electrons. The maximum absolute atomic E-state index is 12.9. The zero-order valence-corrected chi connectivity index (χ0v) is 17.3. The summed E-state index contributed by atoms with van der Waals surface area (Å²) in [7, 11) is -3.69. The number of morpholine rings is 1. The van der Waals surface area contributed by atoms with Crippen LogP contribution in [0.2, 0.25) is 0 Å². The Kier molecular flexibility index (Phi) is 5.35. The molecule has 2 aromatic rings. The Morgan fingerprint density at radius 3 is 2.60 bits per heavy atom. The Labute approximate surface area is 174 Å². The van der Waals surface area contributed by atoms with E-state index >= 15 is 0 Å². The van der Waals surface area contributed by atoms with E-state index in [4.69, 9.17) is 9.47 Å². The number of carbonyl (C=O) groups is 2. The highest BCUT2D eigenvalue weighted by Gasteiger charge is 2.42. The number of sulfonamides is 1. The molecule has 30 heavy (non-hydrogen) atoms. The highest BCUT2D eigenvalue weighted by Crippen LogP contribution is 2.30. The molecule has 2 aromatic carbocycles. The van der Waals surface area contributed by atoms with Crippen molar-refractivity contribution in [3.05, 3.63) is 59.7 Å². The van der Waals surface area contributed by atoms with Crippen LogP contribution in [0.4, 0.5) is 5.69 Å². The zero-order chi connectivity index (χ0) is 21.4. The quantitative estimate of drug-likeness (QED) is 0.743. The van der Waals surface area contributed by atoms with E-state index in [0.29, 0.717) is 24.5 Å². The largest absolute Gasteiger partial charge is 0.445 e. The molecule has 0 saturated carbocycles. The number of anilines is 1. The van der Waals surface area contributed by atoms with E-state index in [1.54, 1.807) is 43.3 Å². The van der Waals surface area contributed by atoms with Gasteiger partial charge in [-0.25, -0.2) is 13.2 Å². The summed E-state index contributed by atoms with van der Waals surface area (Å²) in [6, 6.07) is 13.0. The van der Waals surface area contributed by atoms with Crippen LogP contribution in [0.15, 0.2) is 53.4 Å². The number of amides is 1. The van der Waals surface area contributed by atoms with Crippen LogP contribution >= 0.6 is 0 Å². The van der Waals surface area contributed by atoms with Gasteiger partial charge < -0.3 is 14.8 Å². The number of benzene rings is 2. The normalized spacial score (nSPS) is 22.1. The predicted octanol–water partition coefficient (Wildman–Crippen LogP) is 1.82. The summed E-state index contributed by atoms with van der Waals surface area (Å²) in [4.78, 5) is 25.3. The molecule has 1 fully saturated rings. The van der Waals surface area contributed by atoms with Crippen LogP contribution in [-0.4, -0.2) is 56.5 Å². The van der Waals surface area contributed by atoms with Gasteiger partial charge in [-0.3, -0.25) is 4.79 Å². The van der Waals surface area contributed by atoms with E-state index in [0.717, 1.165) is 5.56 Å². The first-order chi connectivity index (χ1) is 14.3. The van der Waals surface area contributed by atoms with Gasteiger partial charge in [0.1, 0.15) is 0 Å². The number of esters is 1.